The van der Waals surface area contributed by atoms with Crippen LogP contribution in [-0.4, -0.2) is 42.2 Å². The summed E-state index contributed by atoms with van der Waals surface area (Å²) in [5, 5.41) is 2.84. The summed E-state index contributed by atoms with van der Waals surface area (Å²) in [4.78, 5) is 4.84. The van der Waals surface area contributed by atoms with Gasteiger partial charge in [-0.15, -0.1) is 0 Å². The second kappa shape index (κ2) is 6.94. The number of piperidine rings is 1. The number of rotatable bonds is 4. The van der Waals surface area contributed by atoms with E-state index in [4.69, 9.17) is 0 Å². The summed E-state index contributed by atoms with van der Waals surface area (Å²) >= 11 is 0. The first kappa shape index (κ1) is 17.8. The van der Waals surface area contributed by atoms with Crippen molar-refractivity contribution in [3.05, 3.63) is 23.9 Å². The topological polar surface area (TPSA) is 28.2 Å². The van der Waals surface area contributed by atoms with Crippen molar-refractivity contribution in [1.29, 1.82) is 0 Å². The summed E-state index contributed by atoms with van der Waals surface area (Å²) in [7, 11) is 0. The van der Waals surface area contributed by atoms with Crippen LogP contribution in [0, 0.1) is 5.92 Å². The van der Waals surface area contributed by atoms with E-state index in [0.29, 0.717) is 32.5 Å². The predicted octanol–water partition coefficient (Wildman–Crippen LogP) is 3.79. The van der Waals surface area contributed by atoms with Gasteiger partial charge >= 0.3 is 12.4 Å². The Bertz CT molecular complexity index is 506. The number of nitrogens with zero attached hydrogens (tertiary/aromatic N) is 2. The lowest BCUT2D eigenvalue weighted by atomic mass is 9.97. The summed E-state index contributed by atoms with van der Waals surface area (Å²) in [6, 6.07) is 3.60. The van der Waals surface area contributed by atoms with E-state index in [2.05, 4.69) is 10.3 Å². The van der Waals surface area contributed by atoms with Crippen molar-refractivity contribution in [2.24, 2.45) is 5.92 Å². The highest BCUT2D eigenvalue weighted by Gasteiger charge is 2.33. The third-order valence-corrected chi connectivity index (χ3v) is 3.72. The maximum atomic E-state index is 12.6. The minimum Gasteiger partial charge on any atom is -0.370 e. The van der Waals surface area contributed by atoms with Gasteiger partial charge in [-0.05, 0) is 44.0 Å². The average molecular weight is 341 g/mol. The van der Waals surface area contributed by atoms with Gasteiger partial charge in [-0.3, -0.25) is 4.90 Å². The third-order valence-electron chi connectivity index (χ3n) is 3.72. The molecule has 1 aliphatic rings. The number of pyridine rings is 1. The minimum absolute atomic E-state index is 0.121. The van der Waals surface area contributed by atoms with E-state index in [0.717, 1.165) is 6.07 Å². The molecule has 1 aromatic rings. The van der Waals surface area contributed by atoms with Gasteiger partial charge in [0.2, 0.25) is 0 Å². The lowest BCUT2D eigenvalue weighted by Crippen LogP contribution is -2.41. The van der Waals surface area contributed by atoms with Crippen molar-refractivity contribution >= 4 is 5.82 Å². The van der Waals surface area contributed by atoms with Gasteiger partial charge in [0.15, 0.2) is 0 Å². The lowest BCUT2D eigenvalue weighted by Gasteiger charge is -2.32. The van der Waals surface area contributed by atoms with Crippen LogP contribution in [0.4, 0.5) is 32.2 Å². The number of halogens is 6. The standard InChI is InChI=1S/C14H17F6N3/c15-13(16,17)9-23-6-4-10(5-7-23)8-21-12-3-1-2-11(22-12)14(18,19)20/h1-3,10H,4-9H2,(H,21,22). The Balaban J connectivity index is 1.80. The van der Waals surface area contributed by atoms with Gasteiger partial charge in [0.25, 0.3) is 0 Å². The Morgan fingerprint density at radius 1 is 1.09 bits per heavy atom. The molecule has 0 aliphatic carbocycles. The first-order valence-corrected chi connectivity index (χ1v) is 7.21. The maximum absolute atomic E-state index is 12.6. The molecule has 0 bridgehead atoms. The number of nitrogens with one attached hydrogen (secondary N) is 1. The first-order chi connectivity index (χ1) is 10.6. The molecule has 3 nitrogen and oxygen atoms in total. The highest BCUT2D eigenvalue weighted by atomic mass is 19.4. The number of alkyl halides is 6. The molecule has 0 unspecified atom stereocenters. The van der Waals surface area contributed by atoms with Crippen molar-refractivity contribution in [1.82, 2.24) is 9.88 Å². The Morgan fingerprint density at radius 3 is 2.30 bits per heavy atom. The number of anilines is 1. The van der Waals surface area contributed by atoms with Crippen LogP contribution in [0.25, 0.3) is 0 Å². The molecule has 0 amide bonds. The third kappa shape index (κ3) is 5.89. The van der Waals surface area contributed by atoms with E-state index in [-0.39, 0.29) is 11.7 Å². The minimum atomic E-state index is -4.50. The largest absolute Gasteiger partial charge is 0.433 e. The molecule has 0 saturated carbocycles. The van der Waals surface area contributed by atoms with Gasteiger partial charge in [-0.1, -0.05) is 6.07 Å². The van der Waals surface area contributed by atoms with Gasteiger partial charge in [0, 0.05) is 6.54 Å². The molecule has 2 heterocycles. The fourth-order valence-electron chi connectivity index (χ4n) is 2.54. The van der Waals surface area contributed by atoms with Crippen LogP contribution in [0.3, 0.4) is 0 Å². The molecule has 1 saturated heterocycles. The van der Waals surface area contributed by atoms with Gasteiger partial charge in [0.05, 0.1) is 6.54 Å². The molecular weight excluding hydrogens is 324 g/mol. The molecule has 0 radical (unpaired) electrons. The highest BCUT2D eigenvalue weighted by Crippen LogP contribution is 2.28. The molecule has 1 aliphatic heterocycles. The van der Waals surface area contributed by atoms with Gasteiger partial charge in [0.1, 0.15) is 11.5 Å². The molecule has 9 heteroatoms. The predicted molar refractivity (Wildman–Crippen MR) is 72.9 cm³/mol. The summed E-state index contributed by atoms with van der Waals surface area (Å²) in [5.74, 6) is 0.244. The summed E-state index contributed by atoms with van der Waals surface area (Å²) in [6.45, 7) is 0.153. The zero-order valence-electron chi connectivity index (χ0n) is 12.2. The van der Waals surface area contributed by atoms with Crippen LogP contribution >= 0.6 is 0 Å². The van der Waals surface area contributed by atoms with Crippen LogP contribution < -0.4 is 5.32 Å². The zero-order chi connectivity index (χ0) is 17.1. The van der Waals surface area contributed by atoms with E-state index < -0.39 is 24.6 Å². The average Bonchev–Trinajstić information content (AvgIpc) is 2.44. The van der Waals surface area contributed by atoms with E-state index in [9.17, 15) is 26.3 Å². The molecule has 0 spiro atoms. The van der Waals surface area contributed by atoms with Gasteiger partial charge < -0.3 is 5.32 Å². The van der Waals surface area contributed by atoms with Gasteiger partial charge in [-0.25, -0.2) is 4.98 Å². The molecule has 1 N–H and O–H groups in total. The van der Waals surface area contributed by atoms with Gasteiger partial charge in [-0.2, -0.15) is 26.3 Å². The van der Waals surface area contributed by atoms with Crippen LogP contribution in [0.1, 0.15) is 18.5 Å². The second-order valence-corrected chi connectivity index (χ2v) is 5.62. The molecular formula is C14H17F6N3. The Kier molecular flexibility index (Phi) is 5.38. The second-order valence-electron chi connectivity index (χ2n) is 5.62. The Morgan fingerprint density at radius 2 is 1.74 bits per heavy atom. The molecule has 1 fully saturated rings. The van der Waals surface area contributed by atoms with Crippen molar-refractivity contribution in [3.63, 3.8) is 0 Å². The van der Waals surface area contributed by atoms with Crippen molar-refractivity contribution < 1.29 is 26.3 Å². The summed E-state index contributed by atoms with van der Waals surface area (Å²) in [5.41, 5.74) is -0.970. The van der Waals surface area contributed by atoms with Crippen LogP contribution in [0.2, 0.25) is 0 Å². The summed E-state index contributed by atoms with van der Waals surface area (Å²) < 4.78 is 74.5. The monoisotopic (exact) mass is 341 g/mol. The number of hydrogen-bond acceptors (Lipinski definition) is 3. The quantitative estimate of drug-likeness (QED) is 0.845. The zero-order valence-corrected chi connectivity index (χ0v) is 12.2. The molecule has 0 atom stereocenters. The van der Waals surface area contributed by atoms with Crippen LogP contribution in [0.15, 0.2) is 18.2 Å². The van der Waals surface area contributed by atoms with Crippen molar-refractivity contribution in [2.45, 2.75) is 25.2 Å². The molecule has 23 heavy (non-hydrogen) atoms. The molecule has 0 aromatic carbocycles. The van der Waals surface area contributed by atoms with E-state index in [1.807, 2.05) is 0 Å². The van der Waals surface area contributed by atoms with Crippen LogP contribution in [-0.2, 0) is 6.18 Å². The highest BCUT2D eigenvalue weighted by molar-refractivity contribution is 5.35. The van der Waals surface area contributed by atoms with E-state index in [1.165, 1.54) is 17.0 Å². The summed E-state index contributed by atoms with van der Waals surface area (Å²) in [6.07, 6.45) is -7.56. The lowest BCUT2D eigenvalue weighted by molar-refractivity contribution is -0.148. The number of likely N-dealkylation sites (tertiary alicyclic amines) is 1. The van der Waals surface area contributed by atoms with Crippen molar-refractivity contribution in [2.75, 3.05) is 31.5 Å². The Hall–Kier alpha value is -1.51. The fraction of sp³-hybridized carbons (Fsp3) is 0.643. The molecule has 2 rings (SSSR count). The smallest absolute Gasteiger partial charge is 0.370 e. The van der Waals surface area contributed by atoms with E-state index in [1.54, 1.807) is 0 Å². The fourth-order valence-corrected chi connectivity index (χ4v) is 2.54. The SMILES string of the molecule is FC(F)(F)CN1CCC(CNc2cccc(C(F)(F)F)n2)CC1. The van der Waals surface area contributed by atoms with Crippen LogP contribution in [0.5, 0.6) is 0 Å². The number of hydrogen-bond donors (Lipinski definition) is 1. The van der Waals surface area contributed by atoms with Crippen molar-refractivity contribution in [3.8, 4) is 0 Å². The number of aromatic nitrogens is 1. The molecule has 1 aromatic heterocycles. The normalized spacial score (nSPS) is 18.2. The maximum Gasteiger partial charge on any atom is 0.433 e. The molecule has 130 valence electrons. The Labute approximate surface area is 129 Å². The van der Waals surface area contributed by atoms with E-state index >= 15 is 0 Å². The first-order valence-electron chi connectivity index (χ1n) is 7.21.